The number of nitrogens with one attached hydrogen (secondary N) is 1. The van der Waals surface area contributed by atoms with Gasteiger partial charge in [-0.1, -0.05) is 11.6 Å². The Hall–Kier alpha value is -1.19. The third kappa shape index (κ3) is 4.17. The second kappa shape index (κ2) is 6.93. The third-order valence-electron chi connectivity index (χ3n) is 3.31. The molecule has 0 saturated carbocycles. The van der Waals surface area contributed by atoms with E-state index in [0.29, 0.717) is 13.2 Å². The molecule has 1 fully saturated rings. The number of sulfonamides is 1. The van der Waals surface area contributed by atoms with Crippen molar-refractivity contribution in [3.63, 3.8) is 0 Å². The van der Waals surface area contributed by atoms with Crippen LogP contribution < -0.4 is 4.72 Å². The SMILES string of the molecule is CN1CCOC(CNS(=O)(=O)c2cc(C(=O)O)ccc2Cl)C1. The summed E-state index contributed by atoms with van der Waals surface area (Å²) >= 11 is 5.88. The molecule has 0 aromatic heterocycles. The van der Waals surface area contributed by atoms with Gasteiger partial charge in [0.05, 0.1) is 23.3 Å². The van der Waals surface area contributed by atoms with Crippen molar-refractivity contribution < 1.29 is 23.1 Å². The van der Waals surface area contributed by atoms with Crippen molar-refractivity contribution in [3.05, 3.63) is 28.8 Å². The van der Waals surface area contributed by atoms with Gasteiger partial charge in [-0.05, 0) is 25.2 Å². The predicted octanol–water partition coefficient (Wildman–Crippen LogP) is 0.647. The van der Waals surface area contributed by atoms with Crippen molar-refractivity contribution in [3.8, 4) is 0 Å². The fraction of sp³-hybridized carbons (Fsp3) is 0.462. The molecular formula is C13H17ClN2O5S. The lowest BCUT2D eigenvalue weighted by Gasteiger charge is -2.30. The zero-order chi connectivity index (χ0) is 16.3. The minimum atomic E-state index is -3.91. The maximum Gasteiger partial charge on any atom is 0.335 e. The van der Waals surface area contributed by atoms with Crippen molar-refractivity contribution in [2.45, 2.75) is 11.0 Å². The van der Waals surface area contributed by atoms with Gasteiger partial charge in [-0.15, -0.1) is 0 Å². The largest absolute Gasteiger partial charge is 0.478 e. The summed E-state index contributed by atoms with van der Waals surface area (Å²) in [5.41, 5.74) is -0.140. The highest BCUT2D eigenvalue weighted by atomic mass is 35.5. The number of hydrogen-bond donors (Lipinski definition) is 2. The van der Waals surface area contributed by atoms with E-state index in [1.807, 2.05) is 11.9 Å². The Morgan fingerprint density at radius 2 is 2.27 bits per heavy atom. The van der Waals surface area contributed by atoms with E-state index >= 15 is 0 Å². The van der Waals surface area contributed by atoms with Crippen LogP contribution in [0.2, 0.25) is 5.02 Å². The van der Waals surface area contributed by atoms with E-state index in [0.717, 1.165) is 12.6 Å². The number of carboxylic acids is 1. The van der Waals surface area contributed by atoms with E-state index in [9.17, 15) is 13.2 Å². The first-order chi connectivity index (χ1) is 10.3. The Labute approximate surface area is 133 Å². The maximum atomic E-state index is 12.3. The first-order valence-corrected chi connectivity index (χ1v) is 8.48. The molecule has 1 atom stereocenters. The van der Waals surface area contributed by atoms with Gasteiger partial charge in [0.15, 0.2) is 0 Å². The number of morpholine rings is 1. The molecule has 1 saturated heterocycles. The van der Waals surface area contributed by atoms with Crippen molar-refractivity contribution in [1.29, 1.82) is 0 Å². The second-order valence-electron chi connectivity index (χ2n) is 5.06. The number of aromatic carboxylic acids is 1. The summed E-state index contributed by atoms with van der Waals surface area (Å²) in [7, 11) is -1.98. The van der Waals surface area contributed by atoms with E-state index in [1.54, 1.807) is 0 Å². The predicted molar refractivity (Wildman–Crippen MR) is 80.8 cm³/mol. The molecule has 1 unspecified atom stereocenters. The smallest absolute Gasteiger partial charge is 0.335 e. The number of benzene rings is 1. The first-order valence-electron chi connectivity index (χ1n) is 6.62. The molecule has 122 valence electrons. The minimum absolute atomic E-state index is 0.0285. The first kappa shape index (κ1) is 17.2. The molecule has 1 heterocycles. The number of nitrogens with zero attached hydrogens (tertiary/aromatic N) is 1. The van der Waals surface area contributed by atoms with E-state index in [2.05, 4.69) is 4.72 Å². The quantitative estimate of drug-likeness (QED) is 0.811. The average molecular weight is 349 g/mol. The van der Waals surface area contributed by atoms with Crippen LogP contribution in [0.1, 0.15) is 10.4 Å². The Balaban J connectivity index is 2.13. The zero-order valence-corrected chi connectivity index (χ0v) is 13.5. The van der Waals surface area contributed by atoms with Crippen molar-refractivity contribution in [2.75, 3.05) is 33.3 Å². The molecule has 1 aliphatic rings. The van der Waals surface area contributed by atoms with E-state index in [-0.39, 0.29) is 28.1 Å². The average Bonchev–Trinajstić information content (AvgIpc) is 2.45. The lowest BCUT2D eigenvalue weighted by Crippen LogP contribution is -2.45. The molecule has 2 N–H and O–H groups in total. The van der Waals surface area contributed by atoms with Crippen LogP contribution in [0.5, 0.6) is 0 Å². The van der Waals surface area contributed by atoms with Crippen LogP contribution in [0.25, 0.3) is 0 Å². The Morgan fingerprint density at radius 3 is 2.91 bits per heavy atom. The van der Waals surface area contributed by atoms with E-state index in [4.69, 9.17) is 21.4 Å². The Morgan fingerprint density at radius 1 is 1.55 bits per heavy atom. The molecule has 7 nitrogen and oxygen atoms in total. The second-order valence-corrected chi connectivity index (χ2v) is 7.20. The lowest BCUT2D eigenvalue weighted by atomic mass is 10.2. The Kier molecular flexibility index (Phi) is 5.41. The summed E-state index contributed by atoms with van der Waals surface area (Å²) in [4.78, 5) is 12.7. The van der Waals surface area contributed by atoms with Crippen LogP contribution in [-0.4, -0.2) is 63.8 Å². The summed E-state index contributed by atoms with van der Waals surface area (Å²) < 4.78 is 32.5. The van der Waals surface area contributed by atoms with Gasteiger partial charge in [0.1, 0.15) is 4.90 Å². The number of likely N-dealkylation sites (N-methyl/N-ethyl adjacent to an activating group) is 1. The summed E-state index contributed by atoms with van der Waals surface area (Å²) in [6.45, 7) is 2.06. The van der Waals surface area contributed by atoms with Gasteiger partial charge in [-0.3, -0.25) is 0 Å². The molecule has 1 aromatic rings. The third-order valence-corrected chi connectivity index (χ3v) is 5.22. The summed E-state index contributed by atoms with van der Waals surface area (Å²) in [5.74, 6) is -1.22. The number of hydrogen-bond acceptors (Lipinski definition) is 5. The zero-order valence-electron chi connectivity index (χ0n) is 12.0. The standard InChI is InChI=1S/C13H17ClN2O5S/c1-16-4-5-21-10(8-16)7-15-22(19,20)12-6-9(13(17)18)2-3-11(12)14/h2-3,6,10,15H,4-5,7-8H2,1H3,(H,17,18). The van der Waals surface area contributed by atoms with Crippen LogP contribution in [0.4, 0.5) is 0 Å². The van der Waals surface area contributed by atoms with Crippen molar-refractivity contribution in [2.24, 2.45) is 0 Å². The minimum Gasteiger partial charge on any atom is -0.478 e. The van der Waals surface area contributed by atoms with E-state index in [1.165, 1.54) is 12.1 Å². The topological polar surface area (TPSA) is 95.9 Å². The van der Waals surface area contributed by atoms with Gasteiger partial charge in [-0.2, -0.15) is 0 Å². The molecule has 0 amide bonds. The normalized spacial score (nSPS) is 20.0. The van der Waals surface area contributed by atoms with Gasteiger partial charge in [0, 0.05) is 19.6 Å². The fourth-order valence-electron chi connectivity index (χ4n) is 2.11. The van der Waals surface area contributed by atoms with Crippen molar-refractivity contribution >= 4 is 27.6 Å². The highest BCUT2D eigenvalue weighted by Crippen LogP contribution is 2.22. The van der Waals surface area contributed by atoms with Gasteiger partial charge in [-0.25, -0.2) is 17.9 Å². The van der Waals surface area contributed by atoms with Crippen LogP contribution in [-0.2, 0) is 14.8 Å². The maximum absolute atomic E-state index is 12.3. The number of halogens is 1. The number of carboxylic acid groups (broad SMARTS) is 1. The lowest BCUT2D eigenvalue weighted by molar-refractivity contribution is -0.0156. The van der Waals surface area contributed by atoms with Gasteiger partial charge >= 0.3 is 5.97 Å². The van der Waals surface area contributed by atoms with E-state index < -0.39 is 16.0 Å². The number of ether oxygens (including phenoxy) is 1. The molecule has 2 rings (SSSR count). The number of rotatable bonds is 5. The molecule has 0 aliphatic carbocycles. The van der Waals surface area contributed by atoms with Gasteiger partial charge in [0.2, 0.25) is 10.0 Å². The van der Waals surface area contributed by atoms with Crippen LogP contribution in [0.15, 0.2) is 23.1 Å². The van der Waals surface area contributed by atoms with Gasteiger partial charge in [0.25, 0.3) is 0 Å². The molecular weight excluding hydrogens is 332 g/mol. The fourth-order valence-corrected chi connectivity index (χ4v) is 3.70. The molecule has 9 heteroatoms. The summed E-state index contributed by atoms with van der Waals surface area (Å²) in [5, 5.41) is 8.92. The van der Waals surface area contributed by atoms with Crippen LogP contribution >= 0.6 is 11.6 Å². The molecule has 0 bridgehead atoms. The highest BCUT2D eigenvalue weighted by molar-refractivity contribution is 7.89. The molecule has 1 aliphatic heterocycles. The monoisotopic (exact) mass is 348 g/mol. The molecule has 0 radical (unpaired) electrons. The summed E-state index contributed by atoms with van der Waals surface area (Å²) in [6.07, 6.45) is -0.255. The molecule has 1 aromatic carbocycles. The van der Waals surface area contributed by atoms with Gasteiger partial charge < -0.3 is 14.7 Å². The summed E-state index contributed by atoms with van der Waals surface area (Å²) in [6, 6.07) is 3.55. The highest BCUT2D eigenvalue weighted by Gasteiger charge is 2.23. The molecule has 0 spiro atoms. The number of carbonyl (C=O) groups is 1. The van der Waals surface area contributed by atoms with Crippen LogP contribution in [0.3, 0.4) is 0 Å². The molecule has 22 heavy (non-hydrogen) atoms. The van der Waals surface area contributed by atoms with Crippen molar-refractivity contribution in [1.82, 2.24) is 9.62 Å². The Bertz CT molecular complexity index is 664. The van der Waals surface area contributed by atoms with Crippen LogP contribution in [0, 0.1) is 0 Å².